The zero-order valence-electron chi connectivity index (χ0n) is 11.9. The molecule has 0 saturated heterocycles. The number of aromatic nitrogens is 1. The van der Waals surface area contributed by atoms with E-state index in [0.717, 1.165) is 35.9 Å². The van der Waals surface area contributed by atoms with Crippen molar-refractivity contribution < 1.29 is 13.8 Å². The Morgan fingerprint density at radius 3 is 2.81 bits per heavy atom. The first-order valence-corrected chi connectivity index (χ1v) is 6.59. The van der Waals surface area contributed by atoms with Gasteiger partial charge in [0, 0.05) is 12.1 Å². The molecule has 1 heterocycles. The van der Waals surface area contributed by atoms with Crippen molar-refractivity contribution in [1.82, 2.24) is 5.16 Å². The Labute approximate surface area is 121 Å². The van der Waals surface area contributed by atoms with E-state index in [9.17, 15) is 14.5 Å². The molecule has 0 spiro atoms. The third-order valence-electron chi connectivity index (χ3n) is 3.27. The van der Waals surface area contributed by atoms with Gasteiger partial charge < -0.3 is 9.84 Å². The maximum absolute atomic E-state index is 13.4. The molecular formula is C14H16FN3O3. The topological polar surface area (TPSA) is 81.2 Å². The van der Waals surface area contributed by atoms with Gasteiger partial charge in [-0.05, 0) is 38.8 Å². The highest BCUT2D eigenvalue weighted by molar-refractivity contribution is 5.61. The normalized spacial score (nSPS) is 10.6. The lowest BCUT2D eigenvalue weighted by Gasteiger charge is -2.07. The van der Waals surface area contributed by atoms with E-state index in [2.05, 4.69) is 10.5 Å². The van der Waals surface area contributed by atoms with E-state index < -0.39 is 16.4 Å². The SMILES string of the molecule is Cc1noc(C)c1CCCNc1cccc(F)c1[N+](=O)[O-]. The van der Waals surface area contributed by atoms with Gasteiger partial charge in [0.1, 0.15) is 11.4 Å². The van der Waals surface area contributed by atoms with Crippen molar-refractivity contribution in [3.63, 3.8) is 0 Å². The number of hydrogen-bond acceptors (Lipinski definition) is 5. The van der Waals surface area contributed by atoms with E-state index >= 15 is 0 Å². The van der Waals surface area contributed by atoms with Gasteiger partial charge in [-0.15, -0.1) is 0 Å². The van der Waals surface area contributed by atoms with Crippen molar-refractivity contribution in [3.05, 3.63) is 51.1 Å². The second-order valence-electron chi connectivity index (χ2n) is 4.73. The van der Waals surface area contributed by atoms with Crippen LogP contribution in [0.3, 0.4) is 0 Å². The molecular weight excluding hydrogens is 277 g/mol. The first-order valence-electron chi connectivity index (χ1n) is 6.59. The zero-order chi connectivity index (χ0) is 15.4. The third-order valence-corrected chi connectivity index (χ3v) is 3.27. The number of hydrogen-bond donors (Lipinski definition) is 1. The predicted molar refractivity (Wildman–Crippen MR) is 75.8 cm³/mol. The zero-order valence-corrected chi connectivity index (χ0v) is 11.9. The molecule has 0 aliphatic carbocycles. The second kappa shape index (κ2) is 6.34. The summed E-state index contributed by atoms with van der Waals surface area (Å²) in [7, 11) is 0. The van der Waals surface area contributed by atoms with Gasteiger partial charge in [0.05, 0.1) is 10.6 Å². The summed E-state index contributed by atoms with van der Waals surface area (Å²) in [5.74, 6) is -0.0556. The van der Waals surface area contributed by atoms with Gasteiger partial charge in [0.25, 0.3) is 0 Å². The number of nitro benzene ring substituents is 1. The second-order valence-corrected chi connectivity index (χ2v) is 4.73. The number of benzene rings is 1. The van der Waals surface area contributed by atoms with Crippen LogP contribution in [-0.2, 0) is 6.42 Å². The molecule has 0 atom stereocenters. The minimum absolute atomic E-state index is 0.193. The van der Waals surface area contributed by atoms with Crippen LogP contribution in [0.25, 0.3) is 0 Å². The van der Waals surface area contributed by atoms with Gasteiger partial charge in [-0.3, -0.25) is 10.1 Å². The van der Waals surface area contributed by atoms with Crippen LogP contribution in [0.4, 0.5) is 15.8 Å². The van der Waals surface area contributed by atoms with Crippen LogP contribution in [0.1, 0.15) is 23.4 Å². The maximum atomic E-state index is 13.4. The number of nitro groups is 1. The number of nitrogens with one attached hydrogen (secondary N) is 1. The number of rotatable bonds is 6. The highest BCUT2D eigenvalue weighted by atomic mass is 19.1. The van der Waals surface area contributed by atoms with Gasteiger partial charge >= 0.3 is 5.69 Å². The van der Waals surface area contributed by atoms with E-state index in [4.69, 9.17) is 4.52 Å². The van der Waals surface area contributed by atoms with Gasteiger partial charge in [0.15, 0.2) is 0 Å². The molecule has 7 heteroatoms. The molecule has 1 aromatic carbocycles. The number of para-hydroxylation sites is 1. The molecule has 0 amide bonds. The van der Waals surface area contributed by atoms with Crippen molar-refractivity contribution >= 4 is 11.4 Å². The molecule has 1 aromatic heterocycles. The van der Waals surface area contributed by atoms with Crippen LogP contribution in [0.15, 0.2) is 22.7 Å². The Hall–Kier alpha value is -2.44. The Morgan fingerprint density at radius 1 is 1.43 bits per heavy atom. The quantitative estimate of drug-likeness (QED) is 0.501. The Kier molecular flexibility index (Phi) is 4.52. The highest BCUT2D eigenvalue weighted by Gasteiger charge is 2.19. The molecule has 0 aliphatic rings. The molecule has 0 fully saturated rings. The van der Waals surface area contributed by atoms with E-state index in [0.29, 0.717) is 6.54 Å². The summed E-state index contributed by atoms with van der Waals surface area (Å²) in [6.07, 6.45) is 1.48. The molecule has 112 valence electrons. The van der Waals surface area contributed by atoms with Crippen molar-refractivity contribution in [2.45, 2.75) is 26.7 Å². The Balaban J connectivity index is 1.96. The standard InChI is InChI=1S/C14H16FN3O3/c1-9-11(10(2)21-17-9)5-4-8-16-13-7-3-6-12(15)14(13)18(19)20/h3,6-7,16H,4-5,8H2,1-2H3. The van der Waals surface area contributed by atoms with Crippen LogP contribution >= 0.6 is 0 Å². The molecule has 0 aliphatic heterocycles. The first kappa shape index (κ1) is 15.0. The number of nitrogens with zero attached hydrogens (tertiary/aromatic N) is 2. The molecule has 2 rings (SSSR count). The van der Waals surface area contributed by atoms with Crippen molar-refractivity contribution in [3.8, 4) is 0 Å². The minimum atomic E-state index is -0.837. The van der Waals surface area contributed by atoms with Gasteiger partial charge in [-0.1, -0.05) is 11.2 Å². The van der Waals surface area contributed by atoms with Crippen molar-refractivity contribution in [2.75, 3.05) is 11.9 Å². The predicted octanol–water partition coefficient (Wildman–Crippen LogP) is 3.38. The summed E-state index contributed by atoms with van der Waals surface area (Å²) in [5.41, 5.74) is 1.57. The lowest BCUT2D eigenvalue weighted by molar-refractivity contribution is -0.386. The molecule has 21 heavy (non-hydrogen) atoms. The first-order chi connectivity index (χ1) is 10.0. The van der Waals surface area contributed by atoms with E-state index in [1.165, 1.54) is 12.1 Å². The highest BCUT2D eigenvalue weighted by Crippen LogP contribution is 2.27. The lowest BCUT2D eigenvalue weighted by atomic mass is 10.1. The fourth-order valence-corrected chi connectivity index (χ4v) is 2.19. The number of aryl methyl sites for hydroxylation is 2. The molecule has 1 N–H and O–H groups in total. The van der Waals surface area contributed by atoms with Crippen LogP contribution in [0.5, 0.6) is 0 Å². The average molecular weight is 293 g/mol. The summed E-state index contributed by atoms with van der Waals surface area (Å²) >= 11 is 0. The summed E-state index contributed by atoms with van der Waals surface area (Å²) in [6, 6.07) is 4.02. The van der Waals surface area contributed by atoms with Crippen molar-refractivity contribution in [2.24, 2.45) is 0 Å². The number of anilines is 1. The van der Waals surface area contributed by atoms with Crippen LogP contribution in [0, 0.1) is 29.8 Å². The van der Waals surface area contributed by atoms with Crippen molar-refractivity contribution in [1.29, 1.82) is 0 Å². The van der Waals surface area contributed by atoms with E-state index in [1.807, 2.05) is 13.8 Å². The fourth-order valence-electron chi connectivity index (χ4n) is 2.19. The summed E-state index contributed by atoms with van der Waals surface area (Å²) < 4.78 is 18.5. The summed E-state index contributed by atoms with van der Waals surface area (Å²) in [4.78, 5) is 10.1. The Morgan fingerprint density at radius 2 is 2.19 bits per heavy atom. The fraction of sp³-hybridized carbons (Fsp3) is 0.357. The van der Waals surface area contributed by atoms with E-state index in [1.54, 1.807) is 0 Å². The van der Waals surface area contributed by atoms with E-state index in [-0.39, 0.29) is 5.69 Å². The molecule has 0 unspecified atom stereocenters. The molecule has 2 aromatic rings. The Bertz CT molecular complexity index is 635. The molecule has 0 saturated carbocycles. The lowest BCUT2D eigenvalue weighted by Crippen LogP contribution is -2.07. The summed E-state index contributed by atoms with van der Waals surface area (Å²) in [6.45, 7) is 4.21. The minimum Gasteiger partial charge on any atom is -0.379 e. The number of halogens is 1. The van der Waals surface area contributed by atoms with Gasteiger partial charge in [0.2, 0.25) is 5.82 Å². The van der Waals surface area contributed by atoms with Crippen LogP contribution < -0.4 is 5.32 Å². The van der Waals surface area contributed by atoms with Gasteiger partial charge in [-0.2, -0.15) is 4.39 Å². The average Bonchev–Trinajstić information content (AvgIpc) is 2.74. The monoisotopic (exact) mass is 293 g/mol. The van der Waals surface area contributed by atoms with Gasteiger partial charge in [-0.25, -0.2) is 0 Å². The molecule has 0 radical (unpaired) electrons. The van der Waals surface area contributed by atoms with Crippen LogP contribution in [0.2, 0.25) is 0 Å². The summed E-state index contributed by atoms with van der Waals surface area (Å²) in [5, 5.41) is 17.6. The molecule has 0 bridgehead atoms. The molecule has 6 nitrogen and oxygen atoms in total. The van der Waals surface area contributed by atoms with Crippen LogP contribution in [-0.4, -0.2) is 16.6 Å². The third kappa shape index (κ3) is 3.36. The maximum Gasteiger partial charge on any atom is 0.327 e. The smallest absolute Gasteiger partial charge is 0.327 e. The largest absolute Gasteiger partial charge is 0.379 e.